The van der Waals surface area contributed by atoms with Gasteiger partial charge in [0.2, 0.25) is 12.2 Å². The van der Waals surface area contributed by atoms with E-state index in [9.17, 15) is 4.79 Å². The van der Waals surface area contributed by atoms with E-state index >= 15 is 0 Å². The molecule has 0 aliphatic heterocycles. The van der Waals surface area contributed by atoms with E-state index in [1.807, 2.05) is 0 Å². The molecule has 0 saturated carbocycles. The van der Waals surface area contributed by atoms with Crippen molar-refractivity contribution >= 4 is 18.1 Å². The minimum absolute atomic E-state index is 0.520. The van der Waals surface area contributed by atoms with Crippen LogP contribution in [-0.4, -0.2) is 35.8 Å². The molecule has 1 unspecified atom stereocenters. The number of nitrogens with two attached hydrogens (primary N) is 2. The van der Waals surface area contributed by atoms with Crippen LogP contribution in [0.15, 0.2) is 42.5 Å². The van der Waals surface area contributed by atoms with Crippen molar-refractivity contribution in [2.45, 2.75) is 32.2 Å². The van der Waals surface area contributed by atoms with Crippen molar-refractivity contribution in [1.82, 2.24) is 0 Å². The van der Waals surface area contributed by atoms with Crippen LogP contribution in [0.4, 0.5) is 0 Å². The number of carboxylic acids is 1. The van der Waals surface area contributed by atoms with Crippen molar-refractivity contribution in [3.05, 3.63) is 68.9 Å². The number of benzene rings is 2. The molecule has 1 atom stereocenters. The lowest BCUT2D eigenvalue weighted by Crippen LogP contribution is -2.29. The first-order chi connectivity index (χ1) is 13.9. The number of carbonyl (C=O) groups excluding carboxylic acids is 2. The third-order valence-corrected chi connectivity index (χ3v) is 4.05. The summed E-state index contributed by atoms with van der Waals surface area (Å²) in [6.45, 7) is 2.78. The SMILES string of the molecule is Cc1cccc2c1=c1ccccc1=2.N=C=O.N=C=O.NCCCCC(N)C(=O)O. The Bertz CT molecular complexity index is 1030. The molecule has 29 heavy (non-hydrogen) atoms. The lowest BCUT2D eigenvalue weighted by Gasteiger charge is -2.06. The Morgan fingerprint density at radius 3 is 2.03 bits per heavy atom. The summed E-state index contributed by atoms with van der Waals surface area (Å²) in [6, 6.07) is 14.4. The Kier molecular flexibility index (Phi) is 12.9. The first-order valence-corrected chi connectivity index (χ1v) is 8.85. The van der Waals surface area contributed by atoms with Gasteiger partial charge in [0, 0.05) is 0 Å². The maximum atomic E-state index is 10.1. The number of aliphatic carboxylic acids is 1. The highest BCUT2D eigenvalue weighted by molar-refractivity contribution is 5.72. The molecule has 8 nitrogen and oxygen atoms in total. The van der Waals surface area contributed by atoms with E-state index in [0.717, 1.165) is 25.0 Å². The van der Waals surface area contributed by atoms with Gasteiger partial charge in [-0.1, -0.05) is 48.9 Å². The number of isocyanates is 2. The number of fused-ring (bicyclic) bond motifs is 2. The Morgan fingerprint density at radius 1 is 1.00 bits per heavy atom. The Morgan fingerprint density at radius 2 is 1.52 bits per heavy atom. The average Bonchev–Trinajstić information content (AvgIpc) is 2.67. The van der Waals surface area contributed by atoms with Crippen LogP contribution in [0.1, 0.15) is 24.8 Å². The highest BCUT2D eigenvalue weighted by atomic mass is 16.4. The van der Waals surface area contributed by atoms with Crippen molar-refractivity contribution in [3.8, 4) is 0 Å². The normalized spacial score (nSPS) is 10.2. The summed E-state index contributed by atoms with van der Waals surface area (Å²) in [5, 5.41) is 24.8. The summed E-state index contributed by atoms with van der Waals surface area (Å²) < 4.78 is 0. The van der Waals surface area contributed by atoms with E-state index < -0.39 is 12.0 Å². The fourth-order valence-corrected chi connectivity index (χ4v) is 2.76. The van der Waals surface area contributed by atoms with Gasteiger partial charge in [-0.05, 0) is 52.7 Å². The van der Waals surface area contributed by atoms with Gasteiger partial charge in [0.05, 0.1) is 0 Å². The van der Waals surface area contributed by atoms with Crippen LogP contribution >= 0.6 is 0 Å². The van der Waals surface area contributed by atoms with Gasteiger partial charge >= 0.3 is 5.97 Å². The lowest BCUT2D eigenvalue weighted by molar-refractivity contribution is -0.138. The Hall–Kier alpha value is -3.41. The number of aryl methyl sites for hydroxylation is 1. The van der Waals surface area contributed by atoms with Gasteiger partial charge in [-0.2, -0.15) is 0 Å². The molecule has 0 aromatic heterocycles. The summed E-state index contributed by atoms with van der Waals surface area (Å²) in [4.78, 5) is 26.8. The van der Waals surface area contributed by atoms with Crippen molar-refractivity contribution in [2.24, 2.45) is 11.5 Å². The third kappa shape index (κ3) is 8.43. The second-order valence-corrected chi connectivity index (χ2v) is 5.98. The smallest absolute Gasteiger partial charge is 0.320 e. The average molecular weight is 398 g/mol. The minimum atomic E-state index is -0.933. The quantitative estimate of drug-likeness (QED) is 0.250. The van der Waals surface area contributed by atoms with Crippen molar-refractivity contribution < 1.29 is 19.5 Å². The first kappa shape index (κ1) is 25.6. The van der Waals surface area contributed by atoms with Gasteiger partial charge in [-0.3, -0.25) is 4.79 Å². The lowest BCUT2D eigenvalue weighted by atomic mass is 9.98. The van der Waals surface area contributed by atoms with E-state index in [4.69, 9.17) is 37.0 Å². The van der Waals surface area contributed by atoms with E-state index in [1.165, 1.54) is 26.4 Å². The van der Waals surface area contributed by atoms with Crippen LogP contribution in [0.5, 0.6) is 0 Å². The first-order valence-electron chi connectivity index (χ1n) is 8.85. The number of rotatable bonds is 5. The maximum absolute atomic E-state index is 10.1. The van der Waals surface area contributed by atoms with Crippen LogP contribution in [0, 0.1) is 38.6 Å². The van der Waals surface area contributed by atoms with Crippen molar-refractivity contribution in [2.75, 3.05) is 6.54 Å². The van der Waals surface area contributed by atoms with Crippen LogP contribution in [0.25, 0.3) is 0 Å². The standard InChI is InChI=1S/C13H10.C6H14N2O2.2CHNO/c1-9-5-4-8-12-10-6-2-3-7-11(10)13(9)12;7-4-2-1-3-5(8)6(9)10;2*2-1-3/h2-8H,1H3;5H,1-4,7-8H2,(H,9,10);2*2H. The van der Waals surface area contributed by atoms with Crippen LogP contribution in [0.2, 0.25) is 0 Å². The summed E-state index contributed by atoms with van der Waals surface area (Å²) in [6.07, 6.45) is 3.66. The van der Waals surface area contributed by atoms with Crippen molar-refractivity contribution in [3.63, 3.8) is 0 Å². The highest BCUT2D eigenvalue weighted by Crippen LogP contribution is 2.15. The van der Waals surface area contributed by atoms with Crippen LogP contribution < -0.4 is 11.5 Å². The molecule has 2 aromatic rings. The highest BCUT2D eigenvalue weighted by Gasteiger charge is 2.09. The van der Waals surface area contributed by atoms with Crippen molar-refractivity contribution in [1.29, 1.82) is 10.8 Å². The van der Waals surface area contributed by atoms with Gasteiger partial charge in [0.1, 0.15) is 6.04 Å². The number of hydrogen-bond acceptors (Lipinski definition) is 7. The predicted molar refractivity (Wildman–Crippen MR) is 108 cm³/mol. The second kappa shape index (κ2) is 14.6. The minimum Gasteiger partial charge on any atom is -0.480 e. The zero-order valence-electron chi connectivity index (χ0n) is 16.3. The summed E-state index contributed by atoms with van der Waals surface area (Å²) in [5.41, 5.74) is 11.8. The fraction of sp³-hybridized carbons (Fsp3) is 0.286. The molecule has 0 saturated heterocycles. The molecule has 1 aliphatic carbocycles. The molecule has 0 spiro atoms. The largest absolute Gasteiger partial charge is 0.480 e. The molecular weight excluding hydrogens is 372 g/mol. The Balaban J connectivity index is 0.000000438. The number of unbranched alkanes of at least 4 members (excludes halogenated alkanes) is 1. The third-order valence-electron chi connectivity index (χ3n) is 4.05. The molecular formula is C21H26N4O4. The molecule has 0 radical (unpaired) electrons. The van der Waals surface area contributed by atoms with Gasteiger partial charge in [-0.15, -0.1) is 0 Å². The van der Waals surface area contributed by atoms with Gasteiger partial charge in [0.15, 0.2) is 0 Å². The summed E-state index contributed by atoms with van der Waals surface area (Å²) in [7, 11) is 0. The summed E-state index contributed by atoms with van der Waals surface area (Å²) in [5.74, 6) is -0.933. The van der Waals surface area contributed by atoms with E-state index in [-0.39, 0.29) is 0 Å². The van der Waals surface area contributed by atoms with Gasteiger partial charge in [0.25, 0.3) is 0 Å². The topological polar surface area (TPSA) is 171 Å². The van der Waals surface area contributed by atoms with E-state index in [1.54, 1.807) is 0 Å². The molecule has 0 heterocycles. The maximum Gasteiger partial charge on any atom is 0.320 e. The molecule has 0 amide bonds. The molecule has 0 bridgehead atoms. The molecule has 7 N–H and O–H groups in total. The number of hydrogen-bond donors (Lipinski definition) is 5. The van der Waals surface area contributed by atoms with Crippen LogP contribution in [0.3, 0.4) is 0 Å². The molecule has 154 valence electrons. The van der Waals surface area contributed by atoms with E-state index in [2.05, 4.69) is 49.4 Å². The van der Waals surface area contributed by atoms with E-state index in [0.29, 0.717) is 13.0 Å². The van der Waals surface area contributed by atoms with Gasteiger partial charge in [-0.25, -0.2) is 20.4 Å². The molecule has 2 aromatic carbocycles. The molecule has 8 heteroatoms. The summed E-state index contributed by atoms with van der Waals surface area (Å²) >= 11 is 0. The Labute approximate surface area is 168 Å². The zero-order valence-corrected chi connectivity index (χ0v) is 16.3. The van der Waals surface area contributed by atoms with Crippen LogP contribution in [-0.2, 0) is 14.4 Å². The number of carbonyl (C=O) groups is 1. The monoisotopic (exact) mass is 398 g/mol. The number of nitrogens with one attached hydrogen (secondary N) is 2. The predicted octanol–water partition coefficient (Wildman–Crippen LogP) is 2.21. The van der Waals surface area contributed by atoms with Gasteiger partial charge < -0.3 is 16.6 Å². The fourth-order valence-electron chi connectivity index (χ4n) is 2.76. The molecule has 1 aliphatic rings. The molecule has 3 rings (SSSR count). The zero-order chi connectivity index (χ0) is 22.2. The number of carboxylic acid groups (broad SMARTS) is 1. The second-order valence-electron chi connectivity index (χ2n) is 5.98. The molecule has 0 fully saturated rings.